The number of nitrogens with one attached hydrogen (secondary N) is 1. The summed E-state index contributed by atoms with van der Waals surface area (Å²) >= 11 is 0. The fourth-order valence-electron chi connectivity index (χ4n) is 2.12. The maximum absolute atomic E-state index is 4.69. The lowest BCUT2D eigenvalue weighted by atomic mass is 10.1. The van der Waals surface area contributed by atoms with Crippen LogP contribution in [0.4, 0.5) is 0 Å². The third-order valence-corrected chi connectivity index (χ3v) is 2.98. The van der Waals surface area contributed by atoms with Gasteiger partial charge in [-0.2, -0.15) is 0 Å². The van der Waals surface area contributed by atoms with E-state index in [0.29, 0.717) is 0 Å². The van der Waals surface area contributed by atoms with Crippen molar-refractivity contribution >= 4 is 0 Å². The Morgan fingerprint density at radius 1 is 1.53 bits per heavy atom. The molecule has 0 aromatic carbocycles. The van der Waals surface area contributed by atoms with Crippen molar-refractivity contribution in [2.24, 2.45) is 5.92 Å². The largest absolute Gasteiger partial charge is 0.319 e. The Hall–Kier alpha value is -0.940. The summed E-state index contributed by atoms with van der Waals surface area (Å²) in [5.41, 5.74) is 1.88. The molecule has 5 heteroatoms. The Kier molecular flexibility index (Phi) is 3.33. The minimum atomic E-state index is 0.773. The molecule has 0 spiro atoms. The molecule has 0 radical (unpaired) electrons. The van der Waals surface area contributed by atoms with Gasteiger partial charge < -0.3 is 5.32 Å². The topological polar surface area (TPSA) is 54.2 Å². The number of likely N-dealkylation sites (tertiary alicyclic amines) is 1. The van der Waals surface area contributed by atoms with Crippen molar-refractivity contribution < 1.29 is 4.63 Å². The summed E-state index contributed by atoms with van der Waals surface area (Å²) in [4.78, 5) is 2.41. The number of hydrogen-bond acceptors (Lipinski definition) is 5. The Labute approximate surface area is 89.8 Å². The molecule has 1 aliphatic rings. The number of aryl methyl sites for hydroxylation is 1. The summed E-state index contributed by atoms with van der Waals surface area (Å²) < 4.78 is 4.69. The van der Waals surface area contributed by atoms with E-state index in [1.54, 1.807) is 0 Å². The molecule has 0 aliphatic carbocycles. The highest BCUT2D eigenvalue weighted by atomic mass is 16.6. The predicted octanol–water partition coefficient (Wildman–Crippen LogP) is 0.419. The molecule has 5 nitrogen and oxygen atoms in total. The van der Waals surface area contributed by atoms with Crippen LogP contribution in [0.1, 0.15) is 17.8 Å². The molecule has 0 bridgehead atoms. The van der Waals surface area contributed by atoms with Gasteiger partial charge in [0.25, 0.3) is 0 Å². The third-order valence-electron chi connectivity index (χ3n) is 2.98. The summed E-state index contributed by atoms with van der Waals surface area (Å²) in [7, 11) is 2.01. The van der Waals surface area contributed by atoms with E-state index in [1.807, 2.05) is 14.0 Å². The average molecular weight is 210 g/mol. The zero-order valence-corrected chi connectivity index (χ0v) is 9.36. The Morgan fingerprint density at radius 2 is 2.40 bits per heavy atom. The van der Waals surface area contributed by atoms with Crippen molar-refractivity contribution in [2.75, 3.05) is 26.7 Å². The molecule has 1 aliphatic heterocycles. The molecule has 1 fully saturated rings. The standard InChI is InChI=1S/C10H18N4O/c1-8-10(13-15-12-8)7-14-4-3-9(6-14)5-11-2/h9,11H,3-7H2,1-2H3. The fraction of sp³-hybridized carbons (Fsp3) is 0.800. The van der Waals surface area contributed by atoms with Crippen LogP contribution in [0, 0.1) is 12.8 Å². The number of hydrogen-bond donors (Lipinski definition) is 1. The van der Waals surface area contributed by atoms with Crippen LogP contribution in [0.25, 0.3) is 0 Å². The molecular weight excluding hydrogens is 192 g/mol. The molecule has 1 aromatic rings. The summed E-state index contributed by atoms with van der Waals surface area (Å²) in [6.45, 7) is 6.21. The summed E-state index contributed by atoms with van der Waals surface area (Å²) in [6, 6.07) is 0. The van der Waals surface area contributed by atoms with Crippen LogP contribution in [0.5, 0.6) is 0 Å². The van der Waals surface area contributed by atoms with Crippen molar-refractivity contribution in [3.63, 3.8) is 0 Å². The third kappa shape index (κ3) is 2.54. The summed E-state index contributed by atoms with van der Waals surface area (Å²) in [5.74, 6) is 0.773. The monoisotopic (exact) mass is 210 g/mol. The molecular formula is C10H18N4O. The minimum Gasteiger partial charge on any atom is -0.319 e. The van der Waals surface area contributed by atoms with Gasteiger partial charge in [-0.05, 0) is 39.4 Å². The second kappa shape index (κ2) is 4.72. The van der Waals surface area contributed by atoms with E-state index >= 15 is 0 Å². The first-order chi connectivity index (χ1) is 7.29. The number of aromatic nitrogens is 2. The molecule has 1 unspecified atom stereocenters. The van der Waals surface area contributed by atoms with Crippen molar-refractivity contribution in [3.05, 3.63) is 11.4 Å². The molecule has 1 atom stereocenters. The van der Waals surface area contributed by atoms with Gasteiger partial charge in [0.05, 0.1) is 0 Å². The van der Waals surface area contributed by atoms with Crippen molar-refractivity contribution in [3.8, 4) is 0 Å². The Balaban J connectivity index is 1.85. The van der Waals surface area contributed by atoms with Crippen molar-refractivity contribution in [1.29, 1.82) is 0 Å². The molecule has 0 saturated carbocycles. The average Bonchev–Trinajstić information content (AvgIpc) is 2.79. The van der Waals surface area contributed by atoms with Crippen LogP contribution < -0.4 is 5.32 Å². The van der Waals surface area contributed by atoms with E-state index in [0.717, 1.165) is 43.5 Å². The van der Waals surface area contributed by atoms with Gasteiger partial charge in [-0.25, -0.2) is 4.63 Å². The highest BCUT2D eigenvalue weighted by Crippen LogP contribution is 2.17. The quantitative estimate of drug-likeness (QED) is 0.780. The molecule has 1 saturated heterocycles. The van der Waals surface area contributed by atoms with Crippen molar-refractivity contribution in [1.82, 2.24) is 20.5 Å². The van der Waals surface area contributed by atoms with Crippen LogP contribution in [-0.4, -0.2) is 41.9 Å². The first kappa shape index (κ1) is 10.6. The van der Waals surface area contributed by atoms with Gasteiger partial charge in [-0.1, -0.05) is 10.3 Å². The maximum atomic E-state index is 4.69. The number of rotatable bonds is 4. The van der Waals surface area contributed by atoms with Crippen LogP contribution in [0.3, 0.4) is 0 Å². The molecule has 0 amide bonds. The first-order valence-electron chi connectivity index (χ1n) is 5.44. The van der Waals surface area contributed by atoms with E-state index < -0.39 is 0 Å². The van der Waals surface area contributed by atoms with Crippen LogP contribution >= 0.6 is 0 Å². The van der Waals surface area contributed by atoms with Gasteiger partial charge in [-0.15, -0.1) is 0 Å². The number of nitrogens with zero attached hydrogens (tertiary/aromatic N) is 3. The second-order valence-electron chi connectivity index (χ2n) is 4.24. The van der Waals surface area contributed by atoms with Crippen LogP contribution in [0.2, 0.25) is 0 Å². The smallest absolute Gasteiger partial charge is 0.122 e. The summed E-state index contributed by atoms with van der Waals surface area (Å²) in [6.07, 6.45) is 1.27. The normalized spacial score (nSPS) is 22.4. The van der Waals surface area contributed by atoms with E-state index in [1.165, 1.54) is 6.42 Å². The van der Waals surface area contributed by atoms with Gasteiger partial charge in [0.15, 0.2) is 0 Å². The fourth-order valence-corrected chi connectivity index (χ4v) is 2.12. The minimum absolute atomic E-state index is 0.773. The lowest BCUT2D eigenvalue weighted by molar-refractivity contribution is 0.278. The first-order valence-corrected chi connectivity index (χ1v) is 5.44. The van der Waals surface area contributed by atoms with Gasteiger partial charge in [0, 0.05) is 13.1 Å². The maximum Gasteiger partial charge on any atom is 0.122 e. The van der Waals surface area contributed by atoms with Gasteiger partial charge in [0.1, 0.15) is 11.4 Å². The molecule has 15 heavy (non-hydrogen) atoms. The highest BCUT2D eigenvalue weighted by molar-refractivity contribution is 5.04. The van der Waals surface area contributed by atoms with Gasteiger partial charge in [0.2, 0.25) is 0 Å². The molecule has 1 N–H and O–H groups in total. The van der Waals surface area contributed by atoms with Gasteiger partial charge in [-0.3, -0.25) is 4.90 Å². The van der Waals surface area contributed by atoms with E-state index in [-0.39, 0.29) is 0 Å². The Morgan fingerprint density at radius 3 is 3.07 bits per heavy atom. The lowest BCUT2D eigenvalue weighted by Crippen LogP contribution is -2.24. The van der Waals surface area contributed by atoms with E-state index in [4.69, 9.17) is 4.63 Å². The molecule has 84 valence electrons. The van der Waals surface area contributed by atoms with Crippen molar-refractivity contribution in [2.45, 2.75) is 19.9 Å². The highest BCUT2D eigenvalue weighted by Gasteiger charge is 2.23. The van der Waals surface area contributed by atoms with Gasteiger partial charge >= 0.3 is 0 Å². The molecule has 1 aromatic heterocycles. The summed E-state index contributed by atoms with van der Waals surface area (Å²) in [5, 5.41) is 10.9. The zero-order chi connectivity index (χ0) is 10.7. The SMILES string of the molecule is CNCC1CCN(Cc2nonc2C)C1. The van der Waals surface area contributed by atoms with Crippen LogP contribution in [-0.2, 0) is 6.54 Å². The van der Waals surface area contributed by atoms with E-state index in [9.17, 15) is 0 Å². The van der Waals surface area contributed by atoms with Crippen LogP contribution in [0.15, 0.2) is 4.63 Å². The zero-order valence-electron chi connectivity index (χ0n) is 9.36. The van der Waals surface area contributed by atoms with E-state index in [2.05, 4.69) is 20.5 Å². The molecule has 2 rings (SSSR count). The Bertz CT molecular complexity index is 312. The predicted molar refractivity (Wildman–Crippen MR) is 56.3 cm³/mol. The second-order valence-corrected chi connectivity index (χ2v) is 4.24. The molecule has 2 heterocycles. The lowest BCUT2D eigenvalue weighted by Gasteiger charge is -2.13.